The quantitative estimate of drug-likeness (QED) is 0.265. The number of rotatable bonds is 6. The van der Waals surface area contributed by atoms with Crippen LogP contribution >= 0.6 is 0 Å². The van der Waals surface area contributed by atoms with Crippen LogP contribution in [0, 0.1) is 11.6 Å². The summed E-state index contributed by atoms with van der Waals surface area (Å²) < 4.78 is 93.4. The summed E-state index contributed by atoms with van der Waals surface area (Å²) in [5.41, 5.74) is -2.20. The summed E-state index contributed by atoms with van der Waals surface area (Å²) in [6.45, 7) is 1.38. The van der Waals surface area contributed by atoms with Crippen molar-refractivity contribution in [2.75, 3.05) is 4.31 Å². The summed E-state index contributed by atoms with van der Waals surface area (Å²) in [7, 11) is 0. The summed E-state index contributed by atoms with van der Waals surface area (Å²) in [5.74, 6) is -2.78. The van der Waals surface area contributed by atoms with Crippen molar-refractivity contribution in [2.45, 2.75) is 19.1 Å². The number of nitrogens with one attached hydrogen (secondary N) is 1. The van der Waals surface area contributed by atoms with E-state index in [1.165, 1.54) is 37.5 Å². The lowest BCUT2D eigenvalue weighted by atomic mass is 10.0. The van der Waals surface area contributed by atoms with E-state index in [2.05, 4.69) is 15.3 Å². The molecule has 1 aromatic heterocycles. The highest BCUT2D eigenvalue weighted by atomic mass is 32.2. The summed E-state index contributed by atoms with van der Waals surface area (Å²) >= 11 is -3.21. The Balaban J connectivity index is 1.84. The van der Waals surface area contributed by atoms with E-state index < -0.39 is 57.8 Å². The monoisotopic (exact) mass is 535 g/mol. The maximum absolute atomic E-state index is 14.2. The van der Waals surface area contributed by atoms with Gasteiger partial charge < -0.3 is 9.87 Å². The van der Waals surface area contributed by atoms with E-state index in [0.29, 0.717) is 22.5 Å². The number of aromatic nitrogens is 2. The zero-order valence-corrected chi connectivity index (χ0v) is 19.6. The number of benzene rings is 3. The number of carbonyl (C=O) groups is 1. The van der Waals surface area contributed by atoms with Crippen LogP contribution in [0.15, 0.2) is 67.0 Å². The number of fused-ring (bicyclic) bond motifs is 1. The van der Waals surface area contributed by atoms with E-state index >= 15 is 0 Å². The highest BCUT2D eigenvalue weighted by molar-refractivity contribution is 7.81. The Bertz CT molecular complexity index is 1510. The third-order valence-electron chi connectivity index (χ3n) is 5.41. The number of carbonyl (C=O) groups excluding carboxylic acids is 1. The summed E-state index contributed by atoms with van der Waals surface area (Å²) in [5, 5.41) is 2.42. The SMILES string of the molecule is CC(NC(=O)c1ccc(C(F)(F)F)cc1N(c1cccc2nccnc12)S(=O)[O-])c1ccc(F)cc1F. The van der Waals surface area contributed by atoms with Crippen LogP contribution in [0.1, 0.15) is 34.5 Å². The molecule has 4 rings (SSSR count). The first kappa shape index (κ1) is 26.1. The highest BCUT2D eigenvalue weighted by Crippen LogP contribution is 2.38. The van der Waals surface area contributed by atoms with Gasteiger partial charge in [-0.05, 0) is 43.3 Å². The molecule has 1 N–H and O–H groups in total. The van der Waals surface area contributed by atoms with Gasteiger partial charge in [-0.25, -0.2) is 8.78 Å². The smallest absolute Gasteiger partial charge is 0.416 e. The Morgan fingerprint density at radius 2 is 1.76 bits per heavy atom. The molecule has 1 heterocycles. The van der Waals surface area contributed by atoms with Crippen molar-refractivity contribution in [3.05, 3.63) is 95.3 Å². The molecule has 4 aromatic rings. The van der Waals surface area contributed by atoms with Crippen molar-refractivity contribution in [1.29, 1.82) is 0 Å². The van der Waals surface area contributed by atoms with Crippen molar-refractivity contribution in [2.24, 2.45) is 0 Å². The van der Waals surface area contributed by atoms with Crippen LogP contribution < -0.4 is 9.62 Å². The van der Waals surface area contributed by atoms with Gasteiger partial charge in [0.1, 0.15) is 17.2 Å². The lowest BCUT2D eigenvalue weighted by Crippen LogP contribution is -2.30. The molecular formula is C24H16F5N4O3S-. The maximum atomic E-state index is 14.2. The molecule has 2 unspecified atom stereocenters. The summed E-state index contributed by atoms with van der Waals surface area (Å²) in [6, 6.07) is 7.87. The van der Waals surface area contributed by atoms with Gasteiger partial charge in [-0.3, -0.25) is 23.3 Å². The molecule has 0 saturated carbocycles. The first-order chi connectivity index (χ1) is 17.5. The van der Waals surface area contributed by atoms with Crippen LogP contribution in [0.5, 0.6) is 0 Å². The number of hydrogen-bond acceptors (Lipinski definition) is 5. The fourth-order valence-electron chi connectivity index (χ4n) is 3.70. The molecular weight excluding hydrogens is 519 g/mol. The normalized spacial score (nSPS) is 13.3. The fraction of sp³-hybridized carbons (Fsp3) is 0.125. The van der Waals surface area contributed by atoms with Gasteiger partial charge >= 0.3 is 6.18 Å². The number of alkyl halides is 3. The fourth-order valence-corrected chi connectivity index (χ4v) is 4.32. The van der Waals surface area contributed by atoms with E-state index in [9.17, 15) is 35.5 Å². The number of halogens is 5. The molecule has 0 spiro atoms. The van der Waals surface area contributed by atoms with Gasteiger partial charge in [0.25, 0.3) is 5.91 Å². The second kappa shape index (κ2) is 10.2. The standard InChI is InChI=1S/C24H17F5N4O3S/c1-13(16-8-6-15(25)12-18(16)26)32-23(34)17-7-5-14(24(27,28)29)11-21(17)33(37(35)36)20-4-2-3-19-22(20)31-10-9-30-19/h2-13H,1H3,(H,32,34)(H,35,36)/p-1. The number of hydrogen-bond donors (Lipinski definition) is 1. The second-order valence-corrected chi connectivity index (χ2v) is 8.60. The predicted molar refractivity (Wildman–Crippen MR) is 124 cm³/mol. The molecule has 7 nitrogen and oxygen atoms in total. The molecule has 2 atom stereocenters. The van der Waals surface area contributed by atoms with Gasteiger partial charge in [-0.15, -0.1) is 0 Å². The zero-order chi connectivity index (χ0) is 26.9. The minimum absolute atomic E-state index is 0.0553. The van der Waals surface area contributed by atoms with Crippen molar-refractivity contribution in [1.82, 2.24) is 15.3 Å². The van der Waals surface area contributed by atoms with Gasteiger partial charge in [-0.2, -0.15) is 13.2 Å². The molecule has 13 heteroatoms. The van der Waals surface area contributed by atoms with Crippen molar-refractivity contribution in [3.63, 3.8) is 0 Å². The van der Waals surface area contributed by atoms with E-state index in [1.807, 2.05) is 0 Å². The minimum Gasteiger partial charge on any atom is -0.755 e. The Hall–Kier alpha value is -3.97. The summed E-state index contributed by atoms with van der Waals surface area (Å²) in [4.78, 5) is 21.3. The molecule has 0 aliphatic rings. The minimum atomic E-state index is -4.86. The largest absolute Gasteiger partial charge is 0.755 e. The molecule has 37 heavy (non-hydrogen) atoms. The van der Waals surface area contributed by atoms with E-state index in [0.717, 1.165) is 18.2 Å². The van der Waals surface area contributed by atoms with Gasteiger partial charge in [0.2, 0.25) is 0 Å². The lowest BCUT2D eigenvalue weighted by Gasteiger charge is -2.29. The van der Waals surface area contributed by atoms with Gasteiger partial charge in [-0.1, -0.05) is 12.1 Å². The highest BCUT2D eigenvalue weighted by Gasteiger charge is 2.33. The summed E-state index contributed by atoms with van der Waals surface area (Å²) in [6.07, 6.45) is -2.23. The predicted octanol–water partition coefficient (Wildman–Crippen LogP) is 5.35. The van der Waals surface area contributed by atoms with Crippen LogP contribution in [-0.2, 0) is 17.4 Å². The van der Waals surface area contributed by atoms with E-state index in [-0.39, 0.29) is 22.3 Å². The van der Waals surface area contributed by atoms with Gasteiger partial charge in [0.05, 0.1) is 45.3 Å². The average molecular weight is 535 g/mol. The third-order valence-corrected chi connectivity index (χ3v) is 6.10. The van der Waals surface area contributed by atoms with Gasteiger partial charge in [0.15, 0.2) is 0 Å². The Morgan fingerprint density at radius 3 is 2.43 bits per heavy atom. The van der Waals surface area contributed by atoms with Crippen LogP contribution in [0.25, 0.3) is 11.0 Å². The van der Waals surface area contributed by atoms with Crippen LogP contribution in [0.2, 0.25) is 0 Å². The molecule has 0 radical (unpaired) electrons. The molecule has 1 amide bonds. The zero-order valence-electron chi connectivity index (χ0n) is 18.8. The van der Waals surface area contributed by atoms with Crippen LogP contribution in [-0.4, -0.2) is 24.6 Å². The number of nitrogens with zero attached hydrogens (tertiary/aromatic N) is 3. The Kier molecular flexibility index (Phi) is 7.18. The first-order valence-electron chi connectivity index (χ1n) is 10.5. The van der Waals surface area contributed by atoms with Crippen molar-refractivity contribution in [3.8, 4) is 0 Å². The molecule has 0 bridgehead atoms. The van der Waals surface area contributed by atoms with Gasteiger partial charge in [0, 0.05) is 24.0 Å². The lowest BCUT2D eigenvalue weighted by molar-refractivity contribution is -0.137. The molecule has 3 aromatic carbocycles. The average Bonchev–Trinajstić information content (AvgIpc) is 2.83. The van der Waals surface area contributed by atoms with Crippen LogP contribution in [0.3, 0.4) is 0 Å². The maximum Gasteiger partial charge on any atom is 0.416 e. The first-order valence-corrected chi connectivity index (χ1v) is 11.6. The molecule has 192 valence electrons. The molecule has 0 aliphatic carbocycles. The molecule has 0 saturated heterocycles. The molecule has 0 fully saturated rings. The number of anilines is 2. The topological polar surface area (TPSA) is 98.2 Å². The van der Waals surface area contributed by atoms with Crippen molar-refractivity contribution >= 4 is 39.6 Å². The Morgan fingerprint density at radius 1 is 1.03 bits per heavy atom. The molecule has 0 aliphatic heterocycles. The third kappa shape index (κ3) is 5.42. The second-order valence-electron chi connectivity index (χ2n) is 7.80. The van der Waals surface area contributed by atoms with E-state index in [1.54, 1.807) is 0 Å². The number of para-hydroxylation sites is 1. The van der Waals surface area contributed by atoms with E-state index in [4.69, 9.17) is 0 Å². The van der Waals surface area contributed by atoms with Crippen LogP contribution in [0.4, 0.5) is 33.3 Å². The Labute approximate surface area is 209 Å². The van der Waals surface area contributed by atoms with Crippen molar-refractivity contribution < 1.29 is 35.5 Å². The number of amides is 1.